The summed E-state index contributed by atoms with van der Waals surface area (Å²) < 4.78 is 12.1. The number of hydrogen-bond donors (Lipinski definition) is 1. The van der Waals surface area contributed by atoms with E-state index in [0.29, 0.717) is 18.5 Å². The molecule has 25 heavy (non-hydrogen) atoms. The summed E-state index contributed by atoms with van der Waals surface area (Å²) in [5.41, 5.74) is 0.839. The van der Waals surface area contributed by atoms with Crippen molar-refractivity contribution in [2.75, 3.05) is 26.3 Å². The minimum absolute atomic E-state index is 0.0764. The highest BCUT2D eigenvalue weighted by Gasteiger charge is 2.46. The van der Waals surface area contributed by atoms with Crippen molar-refractivity contribution in [2.45, 2.75) is 44.3 Å². The number of nitriles is 1. The number of carbonyl (C=O) groups excluding carboxylic acids is 1. The molecule has 0 aromatic heterocycles. The van der Waals surface area contributed by atoms with Crippen molar-refractivity contribution in [3.8, 4) is 11.8 Å². The van der Waals surface area contributed by atoms with Gasteiger partial charge in [-0.1, -0.05) is 0 Å². The Labute approximate surface area is 147 Å². The highest BCUT2D eigenvalue weighted by molar-refractivity contribution is 5.78. The topological polar surface area (TPSA) is 82.8 Å². The van der Waals surface area contributed by atoms with Crippen LogP contribution in [0.4, 0.5) is 0 Å². The minimum Gasteiger partial charge on any atom is -0.485 e. The predicted octanol–water partition coefficient (Wildman–Crippen LogP) is 1.81. The van der Waals surface area contributed by atoms with Gasteiger partial charge in [0, 0.05) is 31.0 Å². The first-order chi connectivity index (χ1) is 12.0. The molecule has 1 fully saturated rings. The fourth-order valence-corrected chi connectivity index (χ4v) is 3.81. The molecule has 1 aromatic carbocycles. The maximum absolute atomic E-state index is 12.1. The Balaban J connectivity index is 2.00. The molecule has 1 N–H and O–H groups in total. The van der Waals surface area contributed by atoms with Gasteiger partial charge in [0.25, 0.3) is 0 Å². The van der Waals surface area contributed by atoms with Gasteiger partial charge in [-0.15, -0.1) is 0 Å². The van der Waals surface area contributed by atoms with Gasteiger partial charge in [-0.05, 0) is 38.5 Å². The third-order valence-electron chi connectivity index (χ3n) is 4.94. The Morgan fingerprint density at radius 1 is 1.48 bits per heavy atom. The molecule has 1 saturated heterocycles. The third kappa shape index (κ3) is 3.48. The lowest BCUT2D eigenvalue weighted by atomic mass is 9.80. The first kappa shape index (κ1) is 17.7. The summed E-state index contributed by atoms with van der Waals surface area (Å²) in [4.78, 5) is 14.0. The van der Waals surface area contributed by atoms with E-state index in [2.05, 4.69) is 6.07 Å². The second-order valence-electron chi connectivity index (χ2n) is 7.13. The van der Waals surface area contributed by atoms with Crippen molar-refractivity contribution < 1.29 is 19.4 Å². The SMILES string of the molecule is CC1(C)Oc2ccc(C#N)cc2[C@@H](CN2CCCC2=O)[C@@H]1OCCO. The number of nitrogens with zero attached hydrogens (tertiary/aromatic N) is 2. The van der Waals surface area contributed by atoms with Crippen LogP contribution in [0.1, 0.15) is 43.7 Å². The van der Waals surface area contributed by atoms with Crippen LogP contribution in [0, 0.1) is 11.3 Å². The number of benzene rings is 1. The van der Waals surface area contributed by atoms with E-state index in [0.717, 1.165) is 24.3 Å². The van der Waals surface area contributed by atoms with Crippen LogP contribution in [0.25, 0.3) is 0 Å². The molecule has 2 heterocycles. The van der Waals surface area contributed by atoms with Crippen LogP contribution in [0.15, 0.2) is 18.2 Å². The van der Waals surface area contributed by atoms with Crippen molar-refractivity contribution >= 4 is 5.91 Å². The van der Waals surface area contributed by atoms with Crippen LogP contribution in [0.3, 0.4) is 0 Å². The van der Waals surface area contributed by atoms with Crippen molar-refractivity contribution in [2.24, 2.45) is 0 Å². The number of amides is 1. The second-order valence-corrected chi connectivity index (χ2v) is 7.13. The molecule has 134 valence electrons. The van der Waals surface area contributed by atoms with Gasteiger partial charge in [-0.3, -0.25) is 4.79 Å². The summed E-state index contributed by atoms with van der Waals surface area (Å²) in [6.07, 6.45) is 1.13. The van der Waals surface area contributed by atoms with Crippen LogP contribution < -0.4 is 4.74 Å². The molecular formula is C19H24N2O4. The van der Waals surface area contributed by atoms with E-state index in [9.17, 15) is 15.2 Å². The second kappa shape index (κ2) is 7.03. The maximum Gasteiger partial charge on any atom is 0.222 e. The van der Waals surface area contributed by atoms with Gasteiger partial charge in [0.1, 0.15) is 17.5 Å². The molecule has 6 nitrogen and oxygen atoms in total. The molecule has 1 amide bonds. The van der Waals surface area contributed by atoms with Crippen LogP contribution in [0.5, 0.6) is 5.75 Å². The molecule has 0 bridgehead atoms. The number of rotatable bonds is 5. The zero-order valence-electron chi connectivity index (χ0n) is 14.7. The molecule has 0 unspecified atom stereocenters. The normalized spacial score (nSPS) is 24.6. The molecule has 2 atom stereocenters. The van der Waals surface area contributed by atoms with Crippen LogP contribution in [-0.4, -0.2) is 53.9 Å². The molecule has 2 aliphatic rings. The minimum atomic E-state index is -0.607. The Morgan fingerprint density at radius 2 is 2.28 bits per heavy atom. The van der Waals surface area contributed by atoms with E-state index in [1.54, 1.807) is 6.07 Å². The lowest BCUT2D eigenvalue weighted by Crippen LogP contribution is -2.53. The van der Waals surface area contributed by atoms with E-state index >= 15 is 0 Å². The third-order valence-corrected chi connectivity index (χ3v) is 4.94. The van der Waals surface area contributed by atoms with Crippen LogP contribution in [0.2, 0.25) is 0 Å². The fraction of sp³-hybridized carbons (Fsp3) is 0.579. The zero-order valence-corrected chi connectivity index (χ0v) is 14.7. The van der Waals surface area contributed by atoms with Crippen LogP contribution >= 0.6 is 0 Å². The standard InChI is InChI=1S/C19H24N2O4/c1-19(2)18(24-9-8-22)15(12-21-7-3-4-17(21)23)14-10-13(11-20)5-6-16(14)25-19/h5-6,10,15,18,22H,3-4,7-9,12H2,1-2H3/t15-,18+/m1/s1. The summed E-state index contributed by atoms with van der Waals surface area (Å²) in [6.45, 7) is 5.31. The number of fused-ring (bicyclic) bond motifs is 1. The summed E-state index contributed by atoms with van der Waals surface area (Å²) in [6, 6.07) is 7.54. The van der Waals surface area contributed by atoms with E-state index in [4.69, 9.17) is 9.47 Å². The van der Waals surface area contributed by atoms with E-state index in [-0.39, 0.29) is 31.1 Å². The van der Waals surface area contributed by atoms with E-state index in [1.807, 2.05) is 30.9 Å². The first-order valence-electron chi connectivity index (χ1n) is 8.69. The average Bonchev–Trinajstić information content (AvgIpc) is 2.98. The number of hydrogen-bond acceptors (Lipinski definition) is 5. The summed E-state index contributed by atoms with van der Waals surface area (Å²) in [5, 5.41) is 18.4. The molecule has 0 radical (unpaired) electrons. The van der Waals surface area contributed by atoms with E-state index in [1.165, 1.54) is 0 Å². The van der Waals surface area contributed by atoms with Crippen molar-refractivity contribution in [3.05, 3.63) is 29.3 Å². The highest BCUT2D eigenvalue weighted by atomic mass is 16.6. The summed E-state index contributed by atoms with van der Waals surface area (Å²) in [5.74, 6) is 0.772. The van der Waals surface area contributed by atoms with Gasteiger partial charge >= 0.3 is 0 Å². The number of aliphatic hydroxyl groups excluding tert-OH is 1. The number of carbonyl (C=O) groups is 1. The molecular weight excluding hydrogens is 320 g/mol. The number of ether oxygens (including phenoxy) is 2. The van der Waals surface area contributed by atoms with Crippen molar-refractivity contribution in [1.29, 1.82) is 5.26 Å². The largest absolute Gasteiger partial charge is 0.485 e. The number of likely N-dealkylation sites (tertiary alicyclic amines) is 1. The Kier molecular flexibility index (Phi) is 4.98. The van der Waals surface area contributed by atoms with Crippen LogP contribution in [-0.2, 0) is 9.53 Å². The monoisotopic (exact) mass is 344 g/mol. The number of aliphatic hydroxyl groups is 1. The Morgan fingerprint density at radius 3 is 2.92 bits per heavy atom. The first-order valence-corrected chi connectivity index (χ1v) is 8.69. The molecule has 0 saturated carbocycles. The molecule has 0 spiro atoms. The molecule has 1 aromatic rings. The van der Waals surface area contributed by atoms with Gasteiger partial charge in [0.2, 0.25) is 5.91 Å². The lowest BCUT2D eigenvalue weighted by Gasteiger charge is -2.45. The fourth-order valence-electron chi connectivity index (χ4n) is 3.81. The molecule has 6 heteroatoms. The van der Waals surface area contributed by atoms with Gasteiger partial charge < -0.3 is 19.5 Å². The lowest BCUT2D eigenvalue weighted by molar-refractivity contribution is -0.132. The zero-order chi connectivity index (χ0) is 18.0. The molecule has 2 aliphatic heterocycles. The van der Waals surface area contributed by atoms with E-state index < -0.39 is 5.60 Å². The Bertz CT molecular complexity index is 695. The smallest absolute Gasteiger partial charge is 0.222 e. The van der Waals surface area contributed by atoms with Gasteiger partial charge in [-0.2, -0.15) is 5.26 Å². The average molecular weight is 344 g/mol. The molecule has 3 rings (SSSR count). The van der Waals surface area contributed by atoms with Crippen molar-refractivity contribution in [3.63, 3.8) is 0 Å². The quantitative estimate of drug-likeness (QED) is 0.881. The summed E-state index contributed by atoms with van der Waals surface area (Å²) in [7, 11) is 0. The Hall–Kier alpha value is -2.10. The highest BCUT2D eigenvalue weighted by Crippen LogP contribution is 2.43. The van der Waals surface area contributed by atoms with Gasteiger partial charge in [0.15, 0.2) is 0 Å². The van der Waals surface area contributed by atoms with Gasteiger partial charge in [0.05, 0.1) is 24.8 Å². The summed E-state index contributed by atoms with van der Waals surface area (Å²) >= 11 is 0. The van der Waals surface area contributed by atoms with Crippen molar-refractivity contribution in [1.82, 2.24) is 4.90 Å². The predicted molar refractivity (Wildman–Crippen MR) is 91.2 cm³/mol. The molecule has 0 aliphatic carbocycles. The maximum atomic E-state index is 12.1. The van der Waals surface area contributed by atoms with Gasteiger partial charge in [-0.25, -0.2) is 0 Å².